The Labute approximate surface area is 125 Å². The van der Waals surface area contributed by atoms with E-state index in [1.807, 2.05) is 6.92 Å². The number of ether oxygens (including phenoxy) is 3. The van der Waals surface area contributed by atoms with Crippen molar-refractivity contribution >= 4 is 11.6 Å². The number of benzene rings is 1. The van der Waals surface area contributed by atoms with Crippen molar-refractivity contribution in [1.29, 1.82) is 0 Å². The van der Waals surface area contributed by atoms with Crippen molar-refractivity contribution in [2.45, 2.75) is 26.7 Å². The van der Waals surface area contributed by atoms with Gasteiger partial charge in [-0.05, 0) is 25.5 Å². The highest BCUT2D eigenvalue weighted by Gasteiger charge is 2.16. The van der Waals surface area contributed by atoms with Gasteiger partial charge in [0.15, 0.2) is 11.5 Å². The van der Waals surface area contributed by atoms with Crippen LogP contribution in [-0.4, -0.2) is 32.9 Å². The van der Waals surface area contributed by atoms with Crippen molar-refractivity contribution in [2.24, 2.45) is 5.10 Å². The van der Waals surface area contributed by atoms with Crippen LogP contribution in [0.1, 0.15) is 37.0 Å². The summed E-state index contributed by atoms with van der Waals surface area (Å²) >= 11 is 0. The molecular formula is C15H22N2O4. The molecule has 1 N–H and O–H groups in total. The summed E-state index contributed by atoms with van der Waals surface area (Å²) in [5.41, 5.74) is 3.78. The lowest BCUT2D eigenvalue weighted by Crippen LogP contribution is -2.19. The summed E-state index contributed by atoms with van der Waals surface area (Å²) in [4.78, 5) is 12.1. The van der Waals surface area contributed by atoms with Crippen LogP contribution in [0.2, 0.25) is 0 Å². The van der Waals surface area contributed by atoms with Crippen LogP contribution in [0, 0.1) is 0 Å². The summed E-state index contributed by atoms with van der Waals surface area (Å²) in [6, 6.07) is 3.17. The van der Waals surface area contributed by atoms with E-state index in [0.29, 0.717) is 22.8 Å². The van der Waals surface area contributed by atoms with Gasteiger partial charge >= 0.3 is 0 Å². The molecule has 0 bridgehead atoms. The quantitative estimate of drug-likeness (QED) is 0.620. The van der Waals surface area contributed by atoms with Crippen molar-refractivity contribution in [3.8, 4) is 17.2 Å². The van der Waals surface area contributed by atoms with Crippen LogP contribution in [0.3, 0.4) is 0 Å². The molecule has 1 aromatic rings. The fourth-order valence-corrected chi connectivity index (χ4v) is 1.84. The minimum Gasteiger partial charge on any atom is -0.493 e. The average Bonchev–Trinajstić information content (AvgIpc) is 2.51. The van der Waals surface area contributed by atoms with E-state index in [1.54, 1.807) is 12.1 Å². The molecule has 0 aliphatic carbocycles. The molecule has 6 heteroatoms. The molecule has 6 nitrogen and oxygen atoms in total. The van der Waals surface area contributed by atoms with Gasteiger partial charge in [0, 0.05) is 11.3 Å². The van der Waals surface area contributed by atoms with E-state index in [0.717, 1.165) is 18.6 Å². The fourth-order valence-electron chi connectivity index (χ4n) is 1.84. The predicted molar refractivity (Wildman–Crippen MR) is 81.6 cm³/mol. The number of hydrogen-bond donors (Lipinski definition) is 1. The Hall–Kier alpha value is -2.24. The van der Waals surface area contributed by atoms with Crippen LogP contribution in [-0.2, 0) is 0 Å². The first-order valence-corrected chi connectivity index (χ1v) is 6.70. The number of methoxy groups -OCH3 is 3. The summed E-state index contributed by atoms with van der Waals surface area (Å²) in [5.74, 6) is 0.972. The molecule has 1 aromatic carbocycles. The molecule has 0 radical (unpaired) electrons. The number of hydrogen-bond acceptors (Lipinski definition) is 5. The number of nitrogens with zero attached hydrogens (tertiary/aromatic N) is 1. The summed E-state index contributed by atoms with van der Waals surface area (Å²) in [6.45, 7) is 3.93. The van der Waals surface area contributed by atoms with Crippen LogP contribution < -0.4 is 19.6 Å². The van der Waals surface area contributed by atoms with Crippen molar-refractivity contribution in [3.05, 3.63) is 17.7 Å². The Bertz CT molecular complexity index is 501. The highest BCUT2D eigenvalue weighted by Crippen LogP contribution is 2.38. The highest BCUT2D eigenvalue weighted by atomic mass is 16.5. The Morgan fingerprint density at radius 2 is 1.71 bits per heavy atom. The third-order valence-corrected chi connectivity index (χ3v) is 2.89. The molecule has 1 rings (SSSR count). The maximum Gasteiger partial charge on any atom is 0.271 e. The van der Waals surface area contributed by atoms with Gasteiger partial charge in [-0.2, -0.15) is 5.10 Å². The van der Waals surface area contributed by atoms with Gasteiger partial charge in [0.2, 0.25) is 5.75 Å². The van der Waals surface area contributed by atoms with Gasteiger partial charge in [-0.3, -0.25) is 4.79 Å². The smallest absolute Gasteiger partial charge is 0.271 e. The molecule has 0 spiro atoms. The lowest BCUT2D eigenvalue weighted by atomic mass is 10.1. The molecule has 116 valence electrons. The van der Waals surface area contributed by atoms with Crippen LogP contribution in [0.5, 0.6) is 17.2 Å². The molecule has 0 aromatic heterocycles. The predicted octanol–water partition coefficient (Wildman–Crippen LogP) is 2.62. The molecule has 0 fully saturated rings. The van der Waals surface area contributed by atoms with Gasteiger partial charge in [0.25, 0.3) is 5.91 Å². The third kappa shape index (κ3) is 4.37. The summed E-state index contributed by atoms with van der Waals surface area (Å²) < 4.78 is 15.6. The molecule has 1 amide bonds. The highest BCUT2D eigenvalue weighted by molar-refractivity contribution is 5.96. The van der Waals surface area contributed by atoms with Crippen LogP contribution in [0.25, 0.3) is 0 Å². The molecule has 0 saturated heterocycles. The number of hydrazone groups is 1. The van der Waals surface area contributed by atoms with Gasteiger partial charge in [-0.15, -0.1) is 0 Å². The molecule has 0 saturated carbocycles. The second kappa shape index (κ2) is 8.14. The fraction of sp³-hybridized carbons (Fsp3) is 0.467. The molecule has 0 atom stereocenters. The third-order valence-electron chi connectivity index (χ3n) is 2.89. The average molecular weight is 294 g/mol. The zero-order valence-electron chi connectivity index (χ0n) is 13.1. The second-order valence-electron chi connectivity index (χ2n) is 4.45. The lowest BCUT2D eigenvalue weighted by Gasteiger charge is -2.13. The monoisotopic (exact) mass is 294 g/mol. The minimum absolute atomic E-state index is 0.329. The van der Waals surface area contributed by atoms with Crippen molar-refractivity contribution in [3.63, 3.8) is 0 Å². The van der Waals surface area contributed by atoms with Gasteiger partial charge < -0.3 is 14.2 Å². The molecular weight excluding hydrogens is 272 g/mol. The van der Waals surface area contributed by atoms with Crippen LogP contribution in [0.4, 0.5) is 0 Å². The first-order chi connectivity index (χ1) is 10.1. The molecule has 21 heavy (non-hydrogen) atoms. The van der Waals surface area contributed by atoms with Crippen molar-refractivity contribution in [2.75, 3.05) is 21.3 Å². The van der Waals surface area contributed by atoms with Crippen LogP contribution >= 0.6 is 0 Å². The van der Waals surface area contributed by atoms with Gasteiger partial charge in [0.1, 0.15) is 0 Å². The van der Waals surface area contributed by atoms with E-state index in [4.69, 9.17) is 14.2 Å². The van der Waals surface area contributed by atoms with E-state index in [-0.39, 0.29) is 5.91 Å². The lowest BCUT2D eigenvalue weighted by molar-refractivity contribution is 0.0954. The largest absolute Gasteiger partial charge is 0.493 e. The van der Waals surface area contributed by atoms with Gasteiger partial charge in [0.05, 0.1) is 21.3 Å². The standard InChI is InChI=1S/C15H22N2O4/c1-6-7-10(2)16-17-15(18)11-8-12(19-3)14(21-5)13(9-11)20-4/h8-9H,6-7H2,1-5H3,(H,17,18). The maximum absolute atomic E-state index is 12.1. The SMILES string of the molecule is CCCC(C)=NNC(=O)c1cc(OC)c(OC)c(OC)c1. The second-order valence-corrected chi connectivity index (χ2v) is 4.45. The van der Waals surface area contributed by atoms with Gasteiger partial charge in [-0.25, -0.2) is 5.43 Å². The van der Waals surface area contributed by atoms with E-state index in [2.05, 4.69) is 17.5 Å². The molecule has 0 aliphatic heterocycles. The molecule has 0 aliphatic rings. The number of carbonyl (C=O) groups is 1. The Balaban J connectivity index is 3.02. The maximum atomic E-state index is 12.1. The van der Waals surface area contributed by atoms with E-state index >= 15 is 0 Å². The first-order valence-electron chi connectivity index (χ1n) is 6.70. The summed E-state index contributed by atoms with van der Waals surface area (Å²) in [6.07, 6.45) is 1.82. The number of nitrogens with one attached hydrogen (secondary N) is 1. The number of rotatable bonds is 7. The Morgan fingerprint density at radius 3 is 2.14 bits per heavy atom. The molecule has 0 unspecified atom stereocenters. The topological polar surface area (TPSA) is 69.2 Å². The number of carbonyl (C=O) groups excluding carboxylic acids is 1. The summed E-state index contributed by atoms with van der Waals surface area (Å²) in [5, 5.41) is 4.05. The zero-order chi connectivity index (χ0) is 15.8. The van der Waals surface area contributed by atoms with E-state index in [9.17, 15) is 4.79 Å². The Kier molecular flexibility index (Phi) is 6.52. The van der Waals surface area contributed by atoms with Crippen LogP contribution in [0.15, 0.2) is 17.2 Å². The van der Waals surface area contributed by atoms with E-state index in [1.165, 1.54) is 21.3 Å². The summed E-state index contributed by atoms with van der Waals surface area (Å²) in [7, 11) is 4.52. The first kappa shape index (κ1) is 16.8. The number of amides is 1. The molecule has 0 heterocycles. The van der Waals surface area contributed by atoms with Crippen molar-refractivity contribution in [1.82, 2.24) is 5.43 Å². The van der Waals surface area contributed by atoms with Gasteiger partial charge in [-0.1, -0.05) is 13.3 Å². The minimum atomic E-state index is -0.329. The van der Waals surface area contributed by atoms with E-state index < -0.39 is 0 Å². The Morgan fingerprint density at radius 1 is 1.14 bits per heavy atom. The zero-order valence-corrected chi connectivity index (χ0v) is 13.1. The normalized spacial score (nSPS) is 11.0. The van der Waals surface area contributed by atoms with Crippen molar-refractivity contribution < 1.29 is 19.0 Å².